The van der Waals surface area contributed by atoms with Crippen molar-refractivity contribution >= 4 is 55.1 Å². The van der Waals surface area contributed by atoms with Crippen molar-refractivity contribution in [2.75, 3.05) is 23.7 Å². The van der Waals surface area contributed by atoms with Crippen LogP contribution in [0, 0.1) is 6.92 Å². The van der Waals surface area contributed by atoms with Gasteiger partial charge in [0.15, 0.2) is 0 Å². The molecule has 0 spiro atoms. The number of benzene rings is 3. The number of sulfonamides is 1. The Morgan fingerprint density at radius 2 is 1.66 bits per heavy atom. The van der Waals surface area contributed by atoms with Crippen LogP contribution in [0.3, 0.4) is 0 Å². The first-order valence-corrected chi connectivity index (χ1v) is 16.6. The second kappa shape index (κ2) is 15.4. The van der Waals surface area contributed by atoms with Crippen molar-refractivity contribution < 1.29 is 18.0 Å². The molecular weight excluding hydrogens is 626 g/mol. The van der Waals surface area contributed by atoms with Gasteiger partial charge in [0, 0.05) is 42.0 Å². The van der Waals surface area contributed by atoms with Gasteiger partial charge < -0.3 is 10.2 Å². The molecule has 3 rings (SSSR count). The van der Waals surface area contributed by atoms with Crippen LogP contribution in [0.5, 0.6) is 0 Å². The van der Waals surface area contributed by atoms with Crippen LogP contribution in [0.25, 0.3) is 0 Å². The highest BCUT2D eigenvalue weighted by Gasteiger charge is 2.30. The molecule has 1 atom stereocenters. The quantitative estimate of drug-likeness (QED) is 0.225. The lowest BCUT2D eigenvalue weighted by Gasteiger charge is -2.32. The van der Waals surface area contributed by atoms with E-state index in [1.165, 1.54) is 4.31 Å². The van der Waals surface area contributed by atoms with Crippen molar-refractivity contribution in [3.05, 3.63) is 99.0 Å². The second-order valence-electron chi connectivity index (χ2n) is 9.97. The number of carbonyl (C=O) groups is 2. The Morgan fingerprint density at radius 3 is 2.29 bits per heavy atom. The van der Waals surface area contributed by atoms with Crippen molar-refractivity contribution in [2.45, 2.75) is 52.1 Å². The van der Waals surface area contributed by atoms with E-state index in [1.54, 1.807) is 30.0 Å². The highest BCUT2D eigenvalue weighted by atomic mass is 79.9. The van der Waals surface area contributed by atoms with E-state index in [4.69, 9.17) is 11.6 Å². The molecule has 7 nitrogen and oxygen atoms in total. The van der Waals surface area contributed by atoms with Crippen LogP contribution in [0.4, 0.5) is 5.69 Å². The molecule has 220 valence electrons. The molecule has 0 aliphatic rings. The first-order chi connectivity index (χ1) is 19.5. The van der Waals surface area contributed by atoms with Gasteiger partial charge in [0.1, 0.15) is 6.04 Å². The molecule has 0 heterocycles. The molecule has 1 N–H and O–H groups in total. The molecule has 10 heteroatoms. The lowest BCUT2D eigenvalue weighted by molar-refractivity contribution is -0.141. The largest absolute Gasteiger partial charge is 0.354 e. The molecule has 0 saturated heterocycles. The van der Waals surface area contributed by atoms with Crippen molar-refractivity contribution in [1.29, 1.82) is 0 Å². The summed E-state index contributed by atoms with van der Waals surface area (Å²) in [6, 6.07) is 21.6. The van der Waals surface area contributed by atoms with Gasteiger partial charge in [-0.3, -0.25) is 13.9 Å². The van der Waals surface area contributed by atoms with Gasteiger partial charge in [-0.2, -0.15) is 0 Å². The average Bonchev–Trinajstić information content (AvgIpc) is 2.94. The van der Waals surface area contributed by atoms with Gasteiger partial charge in [-0.1, -0.05) is 83.0 Å². The Balaban J connectivity index is 1.88. The minimum atomic E-state index is -3.63. The molecule has 41 heavy (non-hydrogen) atoms. The Morgan fingerprint density at radius 1 is 0.976 bits per heavy atom. The molecule has 0 radical (unpaired) electrons. The lowest BCUT2D eigenvalue weighted by Crippen LogP contribution is -2.50. The number of hydrogen-bond acceptors (Lipinski definition) is 4. The Hall–Kier alpha value is -2.88. The maximum atomic E-state index is 13.9. The topological polar surface area (TPSA) is 86.8 Å². The summed E-state index contributed by atoms with van der Waals surface area (Å²) in [6.45, 7) is 4.60. The molecular formula is C31H37BrClN3O4S. The SMILES string of the molecule is CCCNC(=O)[C@@H](Cc1ccccc1)N(Cc1ccc(Br)cc1)C(=O)CCCN(c1cccc(Cl)c1C)S(C)(=O)=O. The van der Waals surface area contributed by atoms with Gasteiger partial charge in [-0.05, 0) is 60.7 Å². The maximum absolute atomic E-state index is 13.9. The minimum Gasteiger partial charge on any atom is -0.354 e. The molecule has 0 fully saturated rings. The van der Waals surface area contributed by atoms with E-state index in [2.05, 4.69) is 21.2 Å². The van der Waals surface area contributed by atoms with Crippen LogP contribution >= 0.6 is 27.5 Å². The normalized spacial score (nSPS) is 12.0. The third-order valence-corrected chi connectivity index (χ3v) is 8.86. The third-order valence-electron chi connectivity index (χ3n) is 6.75. The average molecular weight is 663 g/mol. The summed E-state index contributed by atoms with van der Waals surface area (Å²) in [5.41, 5.74) is 2.96. The molecule has 3 aromatic rings. The summed E-state index contributed by atoms with van der Waals surface area (Å²) in [7, 11) is -3.63. The van der Waals surface area contributed by atoms with E-state index in [-0.39, 0.29) is 37.7 Å². The Labute approximate surface area is 257 Å². The van der Waals surface area contributed by atoms with E-state index >= 15 is 0 Å². The van der Waals surface area contributed by atoms with Gasteiger partial charge in [-0.25, -0.2) is 8.42 Å². The first kappa shape index (κ1) is 32.6. The fourth-order valence-electron chi connectivity index (χ4n) is 4.56. The van der Waals surface area contributed by atoms with Crippen molar-refractivity contribution in [3.63, 3.8) is 0 Å². The van der Waals surface area contributed by atoms with Crippen molar-refractivity contribution in [1.82, 2.24) is 10.2 Å². The first-order valence-electron chi connectivity index (χ1n) is 13.6. The summed E-state index contributed by atoms with van der Waals surface area (Å²) in [4.78, 5) is 28.9. The zero-order valence-electron chi connectivity index (χ0n) is 23.6. The number of hydrogen-bond donors (Lipinski definition) is 1. The summed E-state index contributed by atoms with van der Waals surface area (Å²) < 4.78 is 27.6. The van der Waals surface area contributed by atoms with Crippen molar-refractivity contribution in [2.24, 2.45) is 0 Å². The Kier molecular flexibility index (Phi) is 12.2. The summed E-state index contributed by atoms with van der Waals surface area (Å²) in [5, 5.41) is 3.44. The van der Waals surface area contributed by atoms with Crippen LogP contribution in [0.15, 0.2) is 77.3 Å². The van der Waals surface area contributed by atoms with E-state index in [0.29, 0.717) is 29.2 Å². The van der Waals surface area contributed by atoms with E-state index in [1.807, 2.05) is 61.5 Å². The van der Waals surface area contributed by atoms with Gasteiger partial charge in [-0.15, -0.1) is 0 Å². The molecule has 0 bridgehead atoms. The van der Waals surface area contributed by atoms with E-state index < -0.39 is 16.1 Å². The highest BCUT2D eigenvalue weighted by molar-refractivity contribution is 9.10. The predicted molar refractivity (Wildman–Crippen MR) is 170 cm³/mol. The van der Waals surface area contributed by atoms with E-state index in [0.717, 1.165) is 28.3 Å². The lowest BCUT2D eigenvalue weighted by atomic mass is 10.0. The summed E-state index contributed by atoms with van der Waals surface area (Å²) >= 11 is 9.72. The van der Waals surface area contributed by atoms with Crippen LogP contribution < -0.4 is 9.62 Å². The number of nitrogens with one attached hydrogen (secondary N) is 1. The molecule has 3 aromatic carbocycles. The van der Waals surface area contributed by atoms with Crippen LogP contribution in [-0.4, -0.2) is 50.5 Å². The van der Waals surface area contributed by atoms with Gasteiger partial charge in [0.05, 0.1) is 11.9 Å². The van der Waals surface area contributed by atoms with Crippen LogP contribution in [0.2, 0.25) is 5.02 Å². The standard InChI is InChI=1S/C31H37BrClN3O4S/c1-4-19-34-31(38)29(21-24-10-6-5-7-11-24)35(22-25-15-17-26(32)18-16-25)30(37)14-9-20-36(41(3,39)40)28-13-8-12-27(33)23(28)2/h5-8,10-13,15-18,29H,4,9,14,19-22H2,1-3H3,(H,34,38)/t29-/m1/s1. The smallest absolute Gasteiger partial charge is 0.243 e. The van der Waals surface area contributed by atoms with E-state index in [9.17, 15) is 18.0 Å². The number of halogens is 2. The fraction of sp³-hybridized carbons (Fsp3) is 0.355. The highest BCUT2D eigenvalue weighted by Crippen LogP contribution is 2.28. The van der Waals surface area contributed by atoms with Gasteiger partial charge in [0.25, 0.3) is 0 Å². The number of amides is 2. The third kappa shape index (κ3) is 9.58. The summed E-state index contributed by atoms with van der Waals surface area (Å²) in [6.07, 6.45) is 2.60. The van der Waals surface area contributed by atoms with Crippen LogP contribution in [-0.2, 0) is 32.6 Å². The van der Waals surface area contributed by atoms with Crippen molar-refractivity contribution in [3.8, 4) is 0 Å². The van der Waals surface area contributed by atoms with Gasteiger partial charge >= 0.3 is 0 Å². The zero-order chi connectivity index (χ0) is 30.0. The van der Waals surface area contributed by atoms with Gasteiger partial charge in [0.2, 0.25) is 21.8 Å². The monoisotopic (exact) mass is 661 g/mol. The zero-order valence-corrected chi connectivity index (χ0v) is 26.8. The summed E-state index contributed by atoms with van der Waals surface area (Å²) in [5.74, 6) is -0.440. The molecule has 0 saturated carbocycles. The maximum Gasteiger partial charge on any atom is 0.243 e. The minimum absolute atomic E-state index is 0.0640. The molecule has 0 aliphatic heterocycles. The molecule has 0 aromatic heterocycles. The fourth-order valence-corrected chi connectivity index (χ4v) is 6.00. The molecule has 0 aliphatic carbocycles. The number of rotatable bonds is 14. The van der Waals surface area contributed by atoms with Crippen LogP contribution in [0.1, 0.15) is 42.9 Å². The Bertz CT molecular complexity index is 1420. The number of nitrogens with zero attached hydrogens (tertiary/aromatic N) is 2. The number of anilines is 1. The predicted octanol–water partition coefficient (Wildman–Crippen LogP) is 6.12. The number of carbonyl (C=O) groups excluding carboxylic acids is 2. The molecule has 0 unspecified atom stereocenters. The second-order valence-corrected chi connectivity index (χ2v) is 13.2. The molecule has 2 amide bonds.